The van der Waals surface area contributed by atoms with E-state index in [2.05, 4.69) is 20.0 Å². The van der Waals surface area contributed by atoms with Gasteiger partial charge in [0.1, 0.15) is 5.82 Å². The number of ether oxygens (including phenoxy) is 2. The van der Waals surface area contributed by atoms with Crippen LogP contribution >= 0.6 is 12.2 Å². The molecule has 0 aliphatic carbocycles. The van der Waals surface area contributed by atoms with Crippen molar-refractivity contribution < 1.29 is 18.3 Å². The lowest BCUT2D eigenvalue weighted by molar-refractivity contribution is -0.0514. The van der Waals surface area contributed by atoms with Crippen molar-refractivity contribution in [2.24, 2.45) is 5.10 Å². The first-order chi connectivity index (χ1) is 10.5. The van der Waals surface area contributed by atoms with Crippen LogP contribution in [0.3, 0.4) is 0 Å². The highest BCUT2D eigenvalue weighted by atomic mass is 32.1. The molecule has 6 nitrogen and oxygen atoms in total. The molecular formula is C13H14F2N4O2S. The van der Waals surface area contributed by atoms with Crippen LogP contribution in [0.25, 0.3) is 0 Å². The van der Waals surface area contributed by atoms with Crippen molar-refractivity contribution >= 4 is 18.4 Å². The fraction of sp³-hybridized carbons (Fsp3) is 0.308. The van der Waals surface area contributed by atoms with Crippen LogP contribution in [0, 0.1) is 11.7 Å². The summed E-state index contributed by atoms with van der Waals surface area (Å²) >= 11 is 5.03. The molecular weight excluding hydrogens is 314 g/mol. The van der Waals surface area contributed by atoms with Crippen molar-refractivity contribution in [1.82, 2.24) is 14.9 Å². The number of H-pyrrole nitrogens is 1. The van der Waals surface area contributed by atoms with Gasteiger partial charge in [-0.05, 0) is 49.8 Å². The van der Waals surface area contributed by atoms with Gasteiger partial charge in [0, 0.05) is 0 Å². The Balaban J connectivity index is 2.28. The summed E-state index contributed by atoms with van der Waals surface area (Å²) in [7, 11) is 0. The molecule has 1 heterocycles. The van der Waals surface area contributed by atoms with Crippen LogP contribution in [-0.4, -0.2) is 34.3 Å². The molecule has 0 atom stereocenters. The normalized spacial score (nSPS) is 11.3. The molecule has 0 aliphatic rings. The van der Waals surface area contributed by atoms with Crippen LogP contribution in [0.4, 0.5) is 8.78 Å². The van der Waals surface area contributed by atoms with Crippen molar-refractivity contribution in [2.45, 2.75) is 20.5 Å². The Labute approximate surface area is 130 Å². The van der Waals surface area contributed by atoms with Gasteiger partial charge in [0.2, 0.25) is 4.77 Å². The largest absolute Gasteiger partial charge is 0.490 e. The van der Waals surface area contributed by atoms with Crippen molar-refractivity contribution in [3.05, 3.63) is 34.4 Å². The lowest BCUT2D eigenvalue weighted by Gasteiger charge is -2.11. The fourth-order valence-electron chi connectivity index (χ4n) is 1.70. The van der Waals surface area contributed by atoms with Crippen molar-refractivity contribution in [3.8, 4) is 11.5 Å². The second-order valence-corrected chi connectivity index (χ2v) is 4.54. The Kier molecular flexibility index (Phi) is 5.21. The molecule has 118 valence electrons. The molecule has 2 rings (SSSR count). The van der Waals surface area contributed by atoms with E-state index in [1.807, 2.05) is 0 Å². The second kappa shape index (κ2) is 7.12. The molecule has 0 radical (unpaired) electrons. The first kappa shape index (κ1) is 16.1. The van der Waals surface area contributed by atoms with Gasteiger partial charge in [-0.1, -0.05) is 0 Å². The van der Waals surface area contributed by atoms with E-state index in [1.54, 1.807) is 26.0 Å². The molecule has 0 bridgehead atoms. The number of hydrogen-bond acceptors (Lipinski definition) is 5. The summed E-state index contributed by atoms with van der Waals surface area (Å²) in [4.78, 5) is 0. The standard InChI is InChI=1S/C13H14F2N4O2S/c1-3-20-11-6-9(4-5-10(11)21-12(14)15)7-16-19-8(2)17-18-13(19)22/h4-7,12H,3H2,1-2H3,(H,18,22)/b16-7-. The van der Waals surface area contributed by atoms with Crippen molar-refractivity contribution in [2.75, 3.05) is 6.61 Å². The summed E-state index contributed by atoms with van der Waals surface area (Å²) in [5, 5.41) is 10.7. The molecule has 0 amide bonds. The molecule has 1 aromatic carbocycles. The summed E-state index contributed by atoms with van der Waals surface area (Å²) in [5.74, 6) is 0.799. The van der Waals surface area contributed by atoms with Crippen LogP contribution in [0.15, 0.2) is 23.3 Å². The number of aromatic amines is 1. The number of halogens is 2. The Hall–Kier alpha value is -2.29. The first-order valence-corrected chi connectivity index (χ1v) is 6.82. The van der Waals surface area contributed by atoms with E-state index in [4.69, 9.17) is 17.0 Å². The van der Waals surface area contributed by atoms with Crippen LogP contribution in [0.1, 0.15) is 18.3 Å². The van der Waals surface area contributed by atoms with E-state index in [0.29, 0.717) is 22.8 Å². The number of benzene rings is 1. The molecule has 0 spiro atoms. The molecule has 0 aliphatic heterocycles. The lowest BCUT2D eigenvalue weighted by atomic mass is 10.2. The maximum atomic E-state index is 12.3. The highest BCUT2D eigenvalue weighted by Crippen LogP contribution is 2.29. The van der Waals surface area contributed by atoms with Gasteiger partial charge in [0.05, 0.1) is 12.8 Å². The van der Waals surface area contributed by atoms with Gasteiger partial charge >= 0.3 is 6.61 Å². The number of aromatic nitrogens is 3. The molecule has 1 N–H and O–H groups in total. The third kappa shape index (κ3) is 3.88. The minimum absolute atomic E-state index is 0.0231. The van der Waals surface area contributed by atoms with Gasteiger partial charge < -0.3 is 9.47 Å². The number of alkyl halides is 2. The maximum Gasteiger partial charge on any atom is 0.387 e. The zero-order valence-corrected chi connectivity index (χ0v) is 12.7. The topological polar surface area (TPSA) is 64.4 Å². The number of nitrogens with one attached hydrogen (secondary N) is 1. The summed E-state index contributed by atoms with van der Waals surface area (Å²) in [6.07, 6.45) is 1.52. The molecule has 22 heavy (non-hydrogen) atoms. The summed E-state index contributed by atoms with van der Waals surface area (Å²) in [6, 6.07) is 4.55. The third-order valence-electron chi connectivity index (χ3n) is 2.62. The molecule has 2 aromatic rings. The summed E-state index contributed by atoms with van der Waals surface area (Å²) in [6.45, 7) is 0.910. The van der Waals surface area contributed by atoms with E-state index in [9.17, 15) is 8.78 Å². The Bertz CT molecular complexity index is 727. The van der Waals surface area contributed by atoms with Crippen LogP contribution in [-0.2, 0) is 0 Å². The molecule has 0 unspecified atom stereocenters. The lowest BCUT2D eigenvalue weighted by Crippen LogP contribution is -2.05. The first-order valence-electron chi connectivity index (χ1n) is 6.41. The fourth-order valence-corrected chi connectivity index (χ4v) is 1.92. The van der Waals surface area contributed by atoms with E-state index in [1.165, 1.54) is 17.0 Å². The molecule has 0 saturated heterocycles. The monoisotopic (exact) mass is 328 g/mol. The number of aryl methyl sites for hydroxylation is 1. The zero-order valence-electron chi connectivity index (χ0n) is 11.9. The average molecular weight is 328 g/mol. The van der Waals surface area contributed by atoms with Gasteiger partial charge in [-0.3, -0.25) is 5.10 Å². The van der Waals surface area contributed by atoms with Crippen molar-refractivity contribution in [3.63, 3.8) is 0 Å². The van der Waals surface area contributed by atoms with E-state index < -0.39 is 6.61 Å². The molecule has 0 saturated carbocycles. The number of hydrogen-bond donors (Lipinski definition) is 1. The quantitative estimate of drug-likeness (QED) is 0.653. The predicted octanol–water partition coefficient (Wildman–Crippen LogP) is 3.13. The van der Waals surface area contributed by atoms with E-state index >= 15 is 0 Å². The molecule has 9 heteroatoms. The summed E-state index contributed by atoms with van der Waals surface area (Å²) < 4.78 is 36.2. The van der Waals surface area contributed by atoms with Gasteiger partial charge in [-0.25, -0.2) is 0 Å². The zero-order chi connectivity index (χ0) is 16.1. The smallest absolute Gasteiger partial charge is 0.387 e. The van der Waals surface area contributed by atoms with Crippen LogP contribution < -0.4 is 9.47 Å². The van der Waals surface area contributed by atoms with Gasteiger partial charge in [0.15, 0.2) is 11.5 Å². The number of nitrogens with zero attached hydrogens (tertiary/aromatic N) is 3. The molecule has 1 aromatic heterocycles. The van der Waals surface area contributed by atoms with Crippen LogP contribution in [0.5, 0.6) is 11.5 Å². The van der Waals surface area contributed by atoms with E-state index in [-0.39, 0.29) is 11.5 Å². The predicted molar refractivity (Wildman–Crippen MR) is 79.4 cm³/mol. The molecule has 0 fully saturated rings. The van der Waals surface area contributed by atoms with Crippen LogP contribution in [0.2, 0.25) is 0 Å². The number of rotatable bonds is 6. The third-order valence-corrected chi connectivity index (χ3v) is 2.88. The average Bonchev–Trinajstić information content (AvgIpc) is 2.78. The maximum absolute atomic E-state index is 12.3. The highest BCUT2D eigenvalue weighted by molar-refractivity contribution is 7.71. The SMILES string of the molecule is CCOc1cc(/C=N\n2c(C)n[nH]c2=S)ccc1OC(F)F. The van der Waals surface area contributed by atoms with Gasteiger partial charge in [-0.2, -0.15) is 23.7 Å². The Morgan fingerprint density at radius 3 is 2.82 bits per heavy atom. The van der Waals surface area contributed by atoms with Gasteiger partial charge in [-0.15, -0.1) is 0 Å². The minimum atomic E-state index is -2.91. The minimum Gasteiger partial charge on any atom is -0.490 e. The summed E-state index contributed by atoms with van der Waals surface area (Å²) in [5.41, 5.74) is 0.646. The van der Waals surface area contributed by atoms with Crippen molar-refractivity contribution in [1.29, 1.82) is 0 Å². The highest BCUT2D eigenvalue weighted by Gasteiger charge is 2.11. The Morgan fingerprint density at radius 1 is 1.45 bits per heavy atom. The Morgan fingerprint density at radius 2 is 2.23 bits per heavy atom. The van der Waals surface area contributed by atoms with E-state index in [0.717, 1.165) is 0 Å². The second-order valence-electron chi connectivity index (χ2n) is 4.15. The van der Waals surface area contributed by atoms with Gasteiger partial charge in [0.25, 0.3) is 0 Å².